The molecule has 0 aromatic heterocycles. The number of carboxylic acids is 1. The molecule has 0 bridgehead atoms. The summed E-state index contributed by atoms with van der Waals surface area (Å²) in [5.41, 5.74) is 0.704. The predicted molar refractivity (Wildman–Crippen MR) is 56.4 cm³/mol. The molecule has 0 unspecified atom stereocenters. The van der Waals surface area contributed by atoms with Crippen LogP contribution in [0.5, 0.6) is 0 Å². The van der Waals surface area contributed by atoms with Crippen LogP contribution in [0.25, 0.3) is 0 Å². The van der Waals surface area contributed by atoms with Crippen molar-refractivity contribution < 1.29 is 18.3 Å². The molecule has 0 aliphatic carbocycles. The fraction of sp³-hybridized carbons (Fsp3) is 0.300. The highest BCUT2D eigenvalue weighted by Crippen LogP contribution is 2.09. The van der Waals surface area contributed by atoms with Crippen LogP contribution in [-0.2, 0) is 21.1 Å². The molecule has 4 nitrogen and oxygen atoms in total. The second-order valence-electron chi connectivity index (χ2n) is 3.35. The lowest BCUT2D eigenvalue weighted by Gasteiger charge is -2.09. The molecule has 5 heteroatoms. The molecule has 0 spiro atoms. The molecule has 0 saturated carbocycles. The minimum atomic E-state index is -3.56. The average molecular weight is 228 g/mol. The van der Waals surface area contributed by atoms with Crippen LogP contribution < -0.4 is 0 Å². The topological polar surface area (TPSA) is 71.4 Å². The van der Waals surface area contributed by atoms with Crippen molar-refractivity contribution in [1.29, 1.82) is 0 Å². The molecule has 0 saturated heterocycles. The van der Waals surface area contributed by atoms with Crippen LogP contribution in [0.4, 0.5) is 0 Å². The first-order valence-corrected chi connectivity index (χ1v) is 6.32. The van der Waals surface area contributed by atoms with Gasteiger partial charge in [0.1, 0.15) is 0 Å². The van der Waals surface area contributed by atoms with Gasteiger partial charge in [-0.25, -0.2) is 8.42 Å². The van der Waals surface area contributed by atoms with Gasteiger partial charge in [-0.15, -0.1) is 0 Å². The summed E-state index contributed by atoms with van der Waals surface area (Å²) in [5, 5.41) is 7.43. The summed E-state index contributed by atoms with van der Waals surface area (Å²) in [6, 6.07) is 8.70. The number of carbonyl (C=O) groups is 1. The fourth-order valence-electron chi connectivity index (χ4n) is 1.25. The fourth-order valence-corrected chi connectivity index (χ4v) is 2.11. The van der Waals surface area contributed by atoms with Crippen LogP contribution in [0, 0.1) is 0 Å². The highest BCUT2D eigenvalue weighted by atomic mass is 32.2. The largest absolute Gasteiger partial charge is 0.480 e. The quantitative estimate of drug-likeness (QED) is 0.824. The molecule has 0 aliphatic heterocycles. The third-order valence-electron chi connectivity index (χ3n) is 2.06. The van der Waals surface area contributed by atoms with E-state index in [0.717, 1.165) is 6.26 Å². The predicted octanol–water partition coefficient (Wildman–Crippen LogP) is 0.727. The average Bonchev–Trinajstić information content (AvgIpc) is 2.13. The summed E-state index contributed by atoms with van der Waals surface area (Å²) in [6.07, 6.45) is 0.948. The first-order valence-electron chi connectivity index (χ1n) is 4.37. The van der Waals surface area contributed by atoms with Crippen molar-refractivity contribution >= 4 is 15.8 Å². The monoisotopic (exact) mass is 228 g/mol. The summed E-state index contributed by atoms with van der Waals surface area (Å²) in [7, 11) is -3.56. The Morgan fingerprint density at radius 3 is 2.27 bits per heavy atom. The molecule has 0 amide bonds. The first-order chi connectivity index (χ1) is 6.91. The standard InChI is InChI=1S/C10H12O4S/c1-15(13,14)9(10(11)12)7-8-5-3-2-4-6-8/h2-6,9H,7H2,1H3,(H,11,12)/t9-/m1/s1. The van der Waals surface area contributed by atoms with Gasteiger partial charge in [0.25, 0.3) is 0 Å². The highest BCUT2D eigenvalue weighted by molar-refractivity contribution is 7.92. The Morgan fingerprint density at radius 2 is 1.87 bits per heavy atom. The van der Waals surface area contributed by atoms with E-state index in [1.807, 2.05) is 0 Å². The summed E-state index contributed by atoms with van der Waals surface area (Å²) in [4.78, 5) is 10.8. The van der Waals surface area contributed by atoms with Crippen molar-refractivity contribution in [2.45, 2.75) is 11.7 Å². The Labute approximate surface area is 88.5 Å². The number of carboxylic acid groups (broad SMARTS) is 1. The molecule has 0 fully saturated rings. The number of aliphatic carboxylic acids is 1. The van der Waals surface area contributed by atoms with Gasteiger partial charge < -0.3 is 5.11 Å². The normalized spacial score (nSPS) is 13.4. The van der Waals surface area contributed by atoms with Crippen molar-refractivity contribution in [3.05, 3.63) is 35.9 Å². The maximum absolute atomic E-state index is 11.2. The third-order valence-corrected chi connectivity index (χ3v) is 3.46. The van der Waals surface area contributed by atoms with Gasteiger partial charge >= 0.3 is 5.97 Å². The molecule has 1 atom stereocenters. The molecule has 0 radical (unpaired) electrons. The minimum Gasteiger partial charge on any atom is -0.480 e. The maximum atomic E-state index is 11.2. The van der Waals surface area contributed by atoms with Crippen LogP contribution in [0.1, 0.15) is 5.56 Å². The van der Waals surface area contributed by atoms with E-state index in [-0.39, 0.29) is 6.42 Å². The number of rotatable bonds is 4. The number of hydrogen-bond acceptors (Lipinski definition) is 3. The van der Waals surface area contributed by atoms with Crippen LogP contribution >= 0.6 is 0 Å². The molecule has 1 N–H and O–H groups in total. The smallest absolute Gasteiger partial charge is 0.322 e. The molecule has 0 aliphatic rings. The Morgan fingerprint density at radius 1 is 1.33 bits per heavy atom. The zero-order chi connectivity index (χ0) is 11.5. The number of benzene rings is 1. The Hall–Kier alpha value is -1.36. The van der Waals surface area contributed by atoms with Crippen molar-refractivity contribution in [2.24, 2.45) is 0 Å². The van der Waals surface area contributed by atoms with E-state index < -0.39 is 21.1 Å². The van der Waals surface area contributed by atoms with Gasteiger partial charge in [-0.05, 0) is 12.0 Å². The number of sulfone groups is 1. The van der Waals surface area contributed by atoms with Gasteiger partial charge in [0.2, 0.25) is 0 Å². The van der Waals surface area contributed by atoms with E-state index in [1.54, 1.807) is 30.3 Å². The van der Waals surface area contributed by atoms with Gasteiger partial charge in [-0.2, -0.15) is 0 Å². The zero-order valence-electron chi connectivity index (χ0n) is 8.25. The van der Waals surface area contributed by atoms with Crippen molar-refractivity contribution in [3.63, 3.8) is 0 Å². The second-order valence-corrected chi connectivity index (χ2v) is 5.57. The van der Waals surface area contributed by atoms with E-state index in [0.29, 0.717) is 5.56 Å². The molecular weight excluding hydrogens is 216 g/mol. The molecule has 1 aromatic carbocycles. The van der Waals surface area contributed by atoms with Gasteiger partial charge in [-0.3, -0.25) is 4.79 Å². The highest BCUT2D eigenvalue weighted by Gasteiger charge is 2.28. The minimum absolute atomic E-state index is 0.00894. The lowest BCUT2D eigenvalue weighted by atomic mass is 10.1. The zero-order valence-corrected chi connectivity index (χ0v) is 9.07. The summed E-state index contributed by atoms with van der Waals surface area (Å²) in [6.45, 7) is 0. The van der Waals surface area contributed by atoms with E-state index in [9.17, 15) is 13.2 Å². The third kappa shape index (κ3) is 3.36. The second kappa shape index (κ2) is 4.44. The van der Waals surface area contributed by atoms with Crippen LogP contribution in [0.2, 0.25) is 0 Å². The lowest BCUT2D eigenvalue weighted by Crippen LogP contribution is -2.31. The summed E-state index contributed by atoms with van der Waals surface area (Å²) >= 11 is 0. The van der Waals surface area contributed by atoms with Crippen molar-refractivity contribution in [3.8, 4) is 0 Å². The summed E-state index contributed by atoms with van der Waals surface area (Å²) in [5.74, 6) is -1.30. The van der Waals surface area contributed by atoms with E-state index in [2.05, 4.69) is 0 Å². The van der Waals surface area contributed by atoms with Crippen molar-refractivity contribution in [2.75, 3.05) is 6.26 Å². The van der Waals surface area contributed by atoms with Crippen LogP contribution in [0.3, 0.4) is 0 Å². The molecular formula is C10H12O4S. The van der Waals surface area contributed by atoms with Crippen LogP contribution in [-0.4, -0.2) is 31.0 Å². The van der Waals surface area contributed by atoms with Gasteiger partial charge in [0.05, 0.1) is 0 Å². The van der Waals surface area contributed by atoms with Gasteiger partial charge in [-0.1, -0.05) is 30.3 Å². The molecule has 1 aromatic rings. The summed E-state index contributed by atoms with van der Waals surface area (Å²) < 4.78 is 22.4. The van der Waals surface area contributed by atoms with E-state index >= 15 is 0 Å². The lowest BCUT2D eigenvalue weighted by molar-refractivity contribution is -0.136. The van der Waals surface area contributed by atoms with Gasteiger partial charge in [0, 0.05) is 6.26 Å². The van der Waals surface area contributed by atoms with Crippen LogP contribution in [0.15, 0.2) is 30.3 Å². The SMILES string of the molecule is CS(=O)(=O)[C@H](Cc1ccccc1)C(=O)O. The first kappa shape index (κ1) is 11.7. The Kier molecular flexibility index (Phi) is 3.47. The molecule has 0 heterocycles. The van der Waals surface area contributed by atoms with Gasteiger partial charge in [0.15, 0.2) is 15.1 Å². The molecule has 15 heavy (non-hydrogen) atoms. The Bertz CT molecular complexity index is 436. The van der Waals surface area contributed by atoms with E-state index in [4.69, 9.17) is 5.11 Å². The Balaban J connectivity index is 2.92. The number of hydrogen-bond donors (Lipinski definition) is 1. The molecule has 82 valence electrons. The molecule has 1 rings (SSSR count). The maximum Gasteiger partial charge on any atom is 0.322 e. The van der Waals surface area contributed by atoms with E-state index in [1.165, 1.54) is 0 Å². The van der Waals surface area contributed by atoms with Crippen molar-refractivity contribution in [1.82, 2.24) is 0 Å².